The van der Waals surface area contributed by atoms with Crippen LogP contribution in [0.1, 0.15) is 11.4 Å². The van der Waals surface area contributed by atoms with Crippen LogP contribution in [0.3, 0.4) is 0 Å². The first-order valence-electron chi connectivity index (χ1n) is 4.16. The van der Waals surface area contributed by atoms with Crippen LogP contribution < -0.4 is 5.32 Å². The molecule has 0 bridgehead atoms. The van der Waals surface area contributed by atoms with Gasteiger partial charge in [-0.1, -0.05) is 0 Å². The summed E-state index contributed by atoms with van der Waals surface area (Å²) in [6.07, 6.45) is 1.73. The third-order valence-corrected chi connectivity index (χ3v) is 2.13. The third kappa shape index (κ3) is 1.49. The summed E-state index contributed by atoms with van der Waals surface area (Å²) in [5.41, 5.74) is 2.24. The van der Waals surface area contributed by atoms with Crippen LogP contribution in [0.4, 0.5) is 0 Å². The molecule has 1 aliphatic rings. The highest BCUT2D eigenvalue weighted by atomic mass is 16.5. The first kappa shape index (κ1) is 7.76. The number of nitrogens with zero attached hydrogens (tertiary/aromatic N) is 1. The maximum atomic E-state index is 5.04. The van der Waals surface area contributed by atoms with E-state index in [-0.39, 0.29) is 0 Å². The Morgan fingerprint density at radius 2 is 2.58 bits per heavy atom. The highest BCUT2D eigenvalue weighted by Gasteiger charge is 2.17. The number of ether oxygens (including phenoxy) is 1. The molecule has 0 aromatic carbocycles. The van der Waals surface area contributed by atoms with Crippen molar-refractivity contribution in [3.8, 4) is 0 Å². The van der Waals surface area contributed by atoms with E-state index >= 15 is 0 Å². The number of rotatable bonds is 3. The molecule has 1 fully saturated rings. The zero-order chi connectivity index (χ0) is 8.39. The molecule has 0 saturated carbocycles. The van der Waals surface area contributed by atoms with Gasteiger partial charge in [-0.2, -0.15) is 0 Å². The molecule has 0 radical (unpaired) electrons. The fourth-order valence-corrected chi connectivity index (χ4v) is 1.16. The second-order valence-corrected chi connectivity index (χ2v) is 3.09. The van der Waals surface area contributed by atoms with Gasteiger partial charge in [-0.15, -0.1) is 0 Å². The number of imidazole rings is 1. The monoisotopic (exact) mass is 167 g/mol. The third-order valence-electron chi connectivity index (χ3n) is 2.13. The van der Waals surface area contributed by atoms with E-state index in [1.807, 2.05) is 6.92 Å². The van der Waals surface area contributed by atoms with Gasteiger partial charge in [0.05, 0.1) is 31.3 Å². The summed E-state index contributed by atoms with van der Waals surface area (Å²) in [7, 11) is 0. The van der Waals surface area contributed by atoms with Gasteiger partial charge in [0.1, 0.15) is 0 Å². The molecule has 2 heterocycles. The molecule has 4 heteroatoms. The molecule has 0 spiro atoms. The van der Waals surface area contributed by atoms with Crippen molar-refractivity contribution in [3.05, 3.63) is 17.7 Å². The van der Waals surface area contributed by atoms with Crippen molar-refractivity contribution in [2.45, 2.75) is 19.5 Å². The van der Waals surface area contributed by atoms with Crippen molar-refractivity contribution in [1.29, 1.82) is 0 Å². The van der Waals surface area contributed by atoms with Crippen molar-refractivity contribution in [3.63, 3.8) is 0 Å². The molecule has 1 saturated heterocycles. The van der Waals surface area contributed by atoms with E-state index in [1.165, 1.54) is 0 Å². The molecule has 0 aliphatic carbocycles. The first-order valence-corrected chi connectivity index (χ1v) is 4.16. The minimum absolute atomic E-state index is 0.529. The number of aromatic nitrogens is 2. The topological polar surface area (TPSA) is 49.9 Å². The largest absolute Gasteiger partial charge is 0.378 e. The molecule has 0 unspecified atom stereocenters. The van der Waals surface area contributed by atoms with Crippen molar-refractivity contribution in [1.82, 2.24) is 15.3 Å². The van der Waals surface area contributed by atoms with Crippen LogP contribution in [0.25, 0.3) is 0 Å². The van der Waals surface area contributed by atoms with Crippen molar-refractivity contribution in [2.75, 3.05) is 13.2 Å². The molecule has 66 valence electrons. The fraction of sp³-hybridized carbons (Fsp3) is 0.625. The highest BCUT2D eigenvalue weighted by molar-refractivity contribution is 5.08. The van der Waals surface area contributed by atoms with Crippen molar-refractivity contribution < 1.29 is 4.74 Å². The van der Waals surface area contributed by atoms with Gasteiger partial charge in [-0.25, -0.2) is 4.98 Å². The summed E-state index contributed by atoms with van der Waals surface area (Å²) in [4.78, 5) is 7.23. The second kappa shape index (κ2) is 3.25. The minimum Gasteiger partial charge on any atom is -0.378 e. The predicted molar refractivity (Wildman–Crippen MR) is 44.8 cm³/mol. The Morgan fingerprint density at radius 3 is 3.08 bits per heavy atom. The van der Waals surface area contributed by atoms with E-state index in [9.17, 15) is 0 Å². The summed E-state index contributed by atoms with van der Waals surface area (Å²) in [6.45, 7) is 4.54. The smallest absolute Gasteiger partial charge is 0.0925 e. The summed E-state index contributed by atoms with van der Waals surface area (Å²) in [5, 5.41) is 3.35. The number of hydrogen-bond donors (Lipinski definition) is 2. The molecule has 12 heavy (non-hydrogen) atoms. The number of hydrogen-bond acceptors (Lipinski definition) is 3. The van der Waals surface area contributed by atoms with E-state index in [2.05, 4.69) is 15.3 Å². The summed E-state index contributed by atoms with van der Waals surface area (Å²) >= 11 is 0. The lowest BCUT2D eigenvalue weighted by molar-refractivity contribution is -0.00591. The van der Waals surface area contributed by atoms with Gasteiger partial charge in [0.25, 0.3) is 0 Å². The van der Waals surface area contributed by atoms with Crippen LogP contribution in [0.2, 0.25) is 0 Å². The average molecular weight is 167 g/mol. The second-order valence-electron chi connectivity index (χ2n) is 3.09. The maximum Gasteiger partial charge on any atom is 0.0925 e. The number of aryl methyl sites for hydroxylation is 1. The van der Waals surface area contributed by atoms with E-state index < -0.39 is 0 Å². The number of H-pyrrole nitrogens is 1. The zero-order valence-corrected chi connectivity index (χ0v) is 7.13. The van der Waals surface area contributed by atoms with Gasteiger partial charge < -0.3 is 15.0 Å². The van der Waals surface area contributed by atoms with E-state index in [0.29, 0.717) is 6.04 Å². The van der Waals surface area contributed by atoms with Crippen LogP contribution in [-0.2, 0) is 11.3 Å². The molecule has 1 aliphatic heterocycles. The van der Waals surface area contributed by atoms with Gasteiger partial charge in [-0.05, 0) is 6.92 Å². The highest BCUT2D eigenvalue weighted by Crippen LogP contribution is 2.03. The Morgan fingerprint density at radius 1 is 1.75 bits per heavy atom. The molecule has 2 rings (SSSR count). The van der Waals surface area contributed by atoms with Gasteiger partial charge >= 0.3 is 0 Å². The van der Waals surface area contributed by atoms with Crippen LogP contribution in [-0.4, -0.2) is 29.2 Å². The van der Waals surface area contributed by atoms with Gasteiger partial charge in [0.2, 0.25) is 0 Å². The van der Waals surface area contributed by atoms with Crippen LogP contribution in [0.15, 0.2) is 6.33 Å². The zero-order valence-electron chi connectivity index (χ0n) is 7.13. The molecule has 0 amide bonds. The van der Waals surface area contributed by atoms with Crippen molar-refractivity contribution >= 4 is 0 Å². The van der Waals surface area contributed by atoms with Crippen LogP contribution in [0, 0.1) is 6.92 Å². The standard InChI is InChI=1S/C8H13N3O/c1-6-8(11-5-10-6)2-9-7-3-12-4-7/h5,7,9H,2-4H2,1H3,(H,10,11). The van der Waals surface area contributed by atoms with Crippen molar-refractivity contribution in [2.24, 2.45) is 0 Å². The quantitative estimate of drug-likeness (QED) is 0.676. The fourth-order valence-electron chi connectivity index (χ4n) is 1.16. The van der Waals surface area contributed by atoms with Crippen LogP contribution in [0.5, 0.6) is 0 Å². The average Bonchev–Trinajstić information content (AvgIpc) is 2.33. The summed E-state index contributed by atoms with van der Waals surface area (Å²) < 4.78 is 5.04. The molecule has 0 atom stereocenters. The lowest BCUT2D eigenvalue weighted by Gasteiger charge is -2.26. The lowest BCUT2D eigenvalue weighted by Crippen LogP contribution is -2.45. The van der Waals surface area contributed by atoms with Crippen LogP contribution >= 0.6 is 0 Å². The Bertz CT molecular complexity index is 255. The van der Waals surface area contributed by atoms with E-state index in [4.69, 9.17) is 4.74 Å². The minimum atomic E-state index is 0.529. The van der Waals surface area contributed by atoms with E-state index in [0.717, 1.165) is 31.1 Å². The predicted octanol–water partition coefficient (Wildman–Crippen LogP) is 0.207. The van der Waals surface area contributed by atoms with Gasteiger partial charge in [0, 0.05) is 12.2 Å². The molecule has 1 aromatic heterocycles. The van der Waals surface area contributed by atoms with Gasteiger partial charge in [-0.3, -0.25) is 0 Å². The number of aromatic amines is 1. The Hall–Kier alpha value is -0.870. The molecular weight excluding hydrogens is 154 g/mol. The van der Waals surface area contributed by atoms with Gasteiger partial charge in [0.15, 0.2) is 0 Å². The van der Waals surface area contributed by atoms with E-state index in [1.54, 1.807) is 6.33 Å². The molecule has 2 N–H and O–H groups in total. The maximum absolute atomic E-state index is 5.04. The number of nitrogens with one attached hydrogen (secondary N) is 2. The summed E-state index contributed by atoms with van der Waals surface area (Å²) in [5.74, 6) is 0. The SMILES string of the molecule is Cc1[nH]cnc1CNC1COC1. The lowest BCUT2D eigenvalue weighted by atomic mass is 10.2. The Kier molecular flexibility index (Phi) is 2.10. The summed E-state index contributed by atoms with van der Waals surface area (Å²) in [6, 6.07) is 0.529. The first-order chi connectivity index (χ1) is 5.86. The molecular formula is C8H13N3O. The normalized spacial score (nSPS) is 17.8. The molecule has 1 aromatic rings. The Balaban J connectivity index is 1.82. The Labute approximate surface area is 71.3 Å². The molecule has 4 nitrogen and oxygen atoms in total.